The van der Waals surface area contributed by atoms with Crippen LogP contribution in [0.15, 0.2) is 29.2 Å². The van der Waals surface area contributed by atoms with Gasteiger partial charge in [-0.05, 0) is 43.4 Å². The first-order valence-corrected chi connectivity index (χ1v) is 8.98. The maximum absolute atomic E-state index is 11.4. The van der Waals surface area contributed by atoms with Crippen LogP contribution in [0.4, 0.5) is 0 Å². The second kappa shape index (κ2) is 6.24. The number of aliphatic hydroxyl groups is 1. The van der Waals surface area contributed by atoms with Crippen molar-refractivity contribution in [1.29, 1.82) is 0 Å². The highest BCUT2D eigenvalue weighted by Crippen LogP contribution is 2.29. The van der Waals surface area contributed by atoms with Crippen LogP contribution < -0.4 is 5.32 Å². The highest BCUT2D eigenvalue weighted by atomic mass is 32.2. The molecule has 5 heteroatoms. The van der Waals surface area contributed by atoms with Crippen molar-refractivity contribution in [3.63, 3.8) is 0 Å². The monoisotopic (exact) mass is 297 g/mol. The lowest BCUT2D eigenvalue weighted by Crippen LogP contribution is -2.39. The van der Waals surface area contributed by atoms with Crippen LogP contribution in [-0.2, 0) is 9.84 Å². The Kier molecular flexibility index (Phi) is 4.83. The van der Waals surface area contributed by atoms with E-state index in [0.29, 0.717) is 12.6 Å². The van der Waals surface area contributed by atoms with E-state index in [1.165, 1.54) is 25.5 Å². The molecule has 1 aromatic carbocycles. The van der Waals surface area contributed by atoms with E-state index in [1.807, 2.05) is 0 Å². The molecule has 0 bridgehead atoms. The van der Waals surface area contributed by atoms with Gasteiger partial charge in [-0.3, -0.25) is 0 Å². The summed E-state index contributed by atoms with van der Waals surface area (Å²) in [5, 5.41) is 13.5. The van der Waals surface area contributed by atoms with Crippen LogP contribution in [0.1, 0.15) is 37.9 Å². The third kappa shape index (κ3) is 3.81. The van der Waals surface area contributed by atoms with Gasteiger partial charge in [0.1, 0.15) is 0 Å². The average molecular weight is 297 g/mol. The summed E-state index contributed by atoms with van der Waals surface area (Å²) in [5.74, 6) is 0.731. The van der Waals surface area contributed by atoms with Gasteiger partial charge in [0.2, 0.25) is 0 Å². The summed E-state index contributed by atoms with van der Waals surface area (Å²) in [7, 11) is -3.18. The first kappa shape index (κ1) is 15.5. The van der Waals surface area contributed by atoms with Gasteiger partial charge in [-0.1, -0.05) is 18.6 Å². The Bertz CT molecular complexity index is 535. The number of sulfone groups is 1. The summed E-state index contributed by atoms with van der Waals surface area (Å²) in [5.41, 5.74) is 0.741. The summed E-state index contributed by atoms with van der Waals surface area (Å²) >= 11 is 0. The molecule has 1 aliphatic carbocycles. The van der Waals surface area contributed by atoms with Gasteiger partial charge >= 0.3 is 0 Å². The fourth-order valence-corrected chi connectivity index (χ4v) is 3.09. The number of hydrogen-bond donors (Lipinski definition) is 2. The first-order chi connectivity index (χ1) is 9.38. The Hall–Kier alpha value is -0.910. The van der Waals surface area contributed by atoms with Gasteiger partial charge in [-0.25, -0.2) is 8.42 Å². The van der Waals surface area contributed by atoms with Crippen molar-refractivity contribution in [3.8, 4) is 0 Å². The lowest BCUT2D eigenvalue weighted by atomic mass is 9.80. The normalized spacial score (nSPS) is 19.4. The molecule has 0 spiro atoms. The number of hydrogen-bond acceptors (Lipinski definition) is 4. The molecule has 1 aromatic rings. The fourth-order valence-electron chi connectivity index (χ4n) is 2.46. The molecule has 1 saturated carbocycles. The van der Waals surface area contributed by atoms with Gasteiger partial charge in [-0.2, -0.15) is 0 Å². The molecule has 2 unspecified atom stereocenters. The predicted molar refractivity (Wildman–Crippen MR) is 79.3 cm³/mol. The maximum atomic E-state index is 11.4. The van der Waals surface area contributed by atoms with Crippen molar-refractivity contribution < 1.29 is 13.5 Å². The zero-order valence-electron chi connectivity index (χ0n) is 12.0. The Morgan fingerprint density at radius 2 is 1.90 bits per heavy atom. The van der Waals surface area contributed by atoms with Gasteiger partial charge < -0.3 is 10.4 Å². The van der Waals surface area contributed by atoms with Crippen molar-refractivity contribution in [2.24, 2.45) is 5.92 Å². The SMILES string of the molecule is CC(NCC(O)c1ccc(S(C)(=O)=O)cc1)C1CCC1. The quantitative estimate of drug-likeness (QED) is 0.841. The minimum Gasteiger partial charge on any atom is -0.387 e. The predicted octanol–water partition coefficient (Wildman–Crippen LogP) is 1.90. The molecule has 2 rings (SSSR count). The fraction of sp³-hybridized carbons (Fsp3) is 0.600. The van der Waals surface area contributed by atoms with Crippen molar-refractivity contribution >= 4 is 9.84 Å². The van der Waals surface area contributed by atoms with Crippen LogP contribution in [0.3, 0.4) is 0 Å². The molecule has 0 aliphatic heterocycles. The van der Waals surface area contributed by atoms with Gasteiger partial charge in [0.25, 0.3) is 0 Å². The molecule has 0 heterocycles. The molecule has 1 aliphatic rings. The van der Waals surface area contributed by atoms with Crippen LogP contribution in [0.5, 0.6) is 0 Å². The van der Waals surface area contributed by atoms with Crippen molar-refractivity contribution in [1.82, 2.24) is 5.32 Å². The van der Waals surface area contributed by atoms with E-state index in [1.54, 1.807) is 24.3 Å². The molecule has 20 heavy (non-hydrogen) atoms. The summed E-state index contributed by atoms with van der Waals surface area (Å²) in [6, 6.07) is 6.87. The van der Waals surface area contributed by atoms with E-state index in [9.17, 15) is 13.5 Å². The summed E-state index contributed by atoms with van der Waals surface area (Å²) in [6.45, 7) is 2.65. The highest BCUT2D eigenvalue weighted by Gasteiger charge is 2.24. The molecule has 0 saturated heterocycles. The van der Waals surface area contributed by atoms with Crippen LogP contribution in [0.25, 0.3) is 0 Å². The molecule has 112 valence electrons. The molecular weight excluding hydrogens is 274 g/mol. The lowest BCUT2D eigenvalue weighted by Gasteiger charge is -2.32. The van der Waals surface area contributed by atoms with E-state index in [4.69, 9.17) is 0 Å². The smallest absolute Gasteiger partial charge is 0.175 e. The third-order valence-corrected chi connectivity index (χ3v) is 5.31. The van der Waals surface area contributed by atoms with E-state index in [2.05, 4.69) is 12.2 Å². The second-order valence-corrected chi connectivity index (χ2v) is 7.76. The lowest BCUT2D eigenvalue weighted by molar-refractivity contribution is 0.155. The Morgan fingerprint density at radius 1 is 1.30 bits per heavy atom. The zero-order chi connectivity index (χ0) is 14.8. The summed E-state index contributed by atoms with van der Waals surface area (Å²) in [4.78, 5) is 0.282. The van der Waals surface area contributed by atoms with Crippen molar-refractivity contribution in [3.05, 3.63) is 29.8 Å². The standard InChI is InChI=1S/C15H23NO3S/c1-11(12-4-3-5-12)16-10-15(17)13-6-8-14(9-7-13)20(2,18)19/h6-9,11-12,15-17H,3-5,10H2,1-2H3. The van der Waals surface area contributed by atoms with Gasteiger partial charge in [0.05, 0.1) is 11.0 Å². The van der Waals surface area contributed by atoms with E-state index < -0.39 is 15.9 Å². The van der Waals surface area contributed by atoms with Crippen LogP contribution >= 0.6 is 0 Å². The largest absolute Gasteiger partial charge is 0.387 e. The van der Waals surface area contributed by atoms with Crippen molar-refractivity contribution in [2.75, 3.05) is 12.8 Å². The maximum Gasteiger partial charge on any atom is 0.175 e. The van der Waals surface area contributed by atoms with Crippen LogP contribution in [0, 0.1) is 5.92 Å². The van der Waals surface area contributed by atoms with Gasteiger partial charge in [0.15, 0.2) is 9.84 Å². The number of rotatable bonds is 6. The molecule has 0 amide bonds. The first-order valence-electron chi connectivity index (χ1n) is 7.09. The molecule has 2 atom stereocenters. The molecule has 0 radical (unpaired) electrons. The van der Waals surface area contributed by atoms with E-state index in [-0.39, 0.29) is 4.90 Å². The second-order valence-electron chi connectivity index (χ2n) is 5.74. The Labute approximate surface area is 121 Å². The zero-order valence-corrected chi connectivity index (χ0v) is 12.9. The molecule has 4 nitrogen and oxygen atoms in total. The third-order valence-electron chi connectivity index (χ3n) is 4.18. The van der Waals surface area contributed by atoms with E-state index >= 15 is 0 Å². The van der Waals surface area contributed by atoms with E-state index in [0.717, 1.165) is 11.5 Å². The van der Waals surface area contributed by atoms with Gasteiger partial charge in [-0.15, -0.1) is 0 Å². The summed E-state index contributed by atoms with van der Waals surface area (Å²) in [6.07, 6.45) is 4.43. The average Bonchev–Trinajstić information content (AvgIpc) is 2.33. The minimum absolute atomic E-state index is 0.282. The number of aliphatic hydroxyl groups excluding tert-OH is 1. The Balaban J connectivity index is 1.90. The van der Waals surface area contributed by atoms with Crippen LogP contribution in [0.2, 0.25) is 0 Å². The molecular formula is C15H23NO3S. The van der Waals surface area contributed by atoms with Crippen molar-refractivity contribution in [2.45, 2.75) is 43.2 Å². The van der Waals surface area contributed by atoms with Gasteiger partial charge in [0, 0.05) is 18.8 Å². The molecule has 1 fully saturated rings. The number of nitrogens with one attached hydrogen (secondary N) is 1. The minimum atomic E-state index is -3.18. The number of benzene rings is 1. The highest BCUT2D eigenvalue weighted by molar-refractivity contribution is 7.90. The molecule has 0 aromatic heterocycles. The Morgan fingerprint density at radius 3 is 2.35 bits per heavy atom. The topological polar surface area (TPSA) is 66.4 Å². The molecule has 2 N–H and O–H groups in total. The summed E-state index contributed by atoms with van der Waals surface area (Å²) < 4.78 is 22.7. The van der Waals surface area contributed by atoms with Crippen LogP contribution in [-0.4, -0.2) is 32.4 Å².